The van der Waals surface area contributed by atoms with Crippen LogP contribution in [0.5, 0.6) is 5.75 Å². The van der Waals surface area contributed by atoms with Crippen molar-refractivity contribution in [3.05, 3.63) is 107 Å². The second kappa shape index (κ2) is 10.5. The number of carbonyl (C=O) groups is 2. The number of nitrogens with zero attached hydrogens (tertiary/aromatic N) is 3. The summed E-state index contributed by atoms with van der Waals surface area (Å²) >= 11 is 6.06. The first-order valence-electron chi connectivity index (χ1n) is 12.2. The van der Waals surface area contributed by atoms with E-state index in [1.807, 2.05) is 72.5 Å². The lowest BCUT2D eigenvalue weighted by Gasteiger charge is -2.35. The summed E-state index contributed by atoms with van der Waals surface area (Å²) in [6.07, 6.45) is 0. The van der Waals surface area contributed by atoms with Crippen LogP contribution in [0, 0.1) is 6.92 Å². The molecule has 5 rings (SSSR count). The van der Waals surface area contributed by atoms with Crippen molar-refractivity contribution >= 4 is 23.4 Å². The molecule has 0 saturated carbocycles. The van der Waals surface area contributed by atoms with Gasteiger partial charge in [-0.05, 0) is 55.5 Å². The standard InChI is InChI=1S/C30H28ClN3O3/c1-21-27(30(36)33-16-14-32(15-17-33)29(35)23-9-6-10-24(31)18-23)20-28(22-8-7-13-26(19-22)37-2)34(21)25-11-4-3-5-12-25/h3-13,18-20H,14-17H2,1-2H3. The van der Waals surface area contributed by atoms with E-state index in [2.05, 4.69) is 4.57 Å². The molecule has 1 aliphatic heterocycles. The third-order valence-electron chi connectivity index (χ3n) is 6.78. The smallest absolute Gasteiger partial charge is 0.255 e. The summed E-state index contributed by atoms with van der Waals surface area (Å²) in [5.74, 6) is 0.650. The van der Waals surface area contributed by atoms with E-state index in [1.54, 1.807) is 36.3 Å². The lowest BCUT2D eigenvalue weighted by atomic mass is 10.1. The van der Waals surface area contributed by atoms with Crippen LogP contribution in [0.15, 0.2) is 84.9 Å². The van der Waals surface area contributed by atoms with Gasteiger partial charge in [0.2, 0.25) is 0 Å². The predicted molar refractivity (Wildman–Crippen MR) is 146 cm³/mol. The van der Waals surface area contributed by atoms with E-state index in [0.29, 0.717) is 42.3 Å². The summed E-state index contributed by atoms with van der Waals surface area (Å²) in [7, 11) is 1.65. The molecule has 0 N–H and O–H groups in total. The summed E-state index contributed by atoms with van der Waals surface area (Å²) in [5.41, 5.74) is 4.94. The Balaban J connectivity index is 1.42. The number of carbonyl (C=O) groups excluding carboxylic acids is 2. The molecular weight excluding hydrogens is 486 g/mol. The number of aromatic nitrogens is 1. The SMILES string of the molecule is COc1cccc(-c2cc(C(=O)N3CCN(C(=O)c4cccc(Cl)c4)CC3)c(C)n2-c2ccccc2)c1. The fourth-order valence-corrected chi connectivity index (χ4v) is 5.01. The number of hydrogen-bond donors (Lipinski definition) is 0. The maximum Gasteiger partial charge on any atom is 0.255 e. The molecular formula is C30H28ClN3O3. The van der Waals surface area contributed by atoms with Crippen molar-refractivity contribution in [2.75, 3.05) is 33.3 Å². The van der Waals surface area contributed by atoms with Crippen LogP contribution in [0.1, 0.15) is 26.4 Å². The maximum absolute atomic E-state index is 13.7. The molecule has 0 atom stereocenters. The number of para-hydroxylation sites is 1. The summed E-state index contributed by atoms with van der Waals surface area (Å²) in [6, 6.07) is 26.8. The van der Waals surface area contributed by atoms with Crippen molar-refractivity contribution in [1.82, 2.24) is 14.4 Å². The third-order valence-corrected chi connectivity index (χ3v) is 7.02. The summed E-state index contributed by atoms with van der Waals surface area (Å²) in [4.78, 5) is 30.3. The van der Waals surface area contributed by atoms with Gasteiger partial charge >= 0.3 is 0 Å². The number of ether oxygens (including phenoxy) is 1. The number of methoxy groups -OCH3 is 1. The zero-order valence-electron chi connectivity index (χ0n) is 20.9. The molecule has 0 radical (unpaired) electrons. The highest BCUT2D eigenvalue weighted by molar-refractivity contribution is 6.30. The van der Waals surface area contributed by atoms with Crippen LogP contribution in [-0.2, 0) is 0 Å². The molecule has 1 aromatic heterocycles. The van der Waals surface area contributed by atoms with E-state index in [1.165, 1.54) is 0 Å². The average molecular weight is 514 g/mol. The summed E-state index contributed by atoms with van der Waals surface area (Å²) < 4.78 is 7.56. The Morgan fingerprint density at radius 2 is 1.46 bits per heavy atom. The Morgan fingerprint density at radius 1 is 0.784 bits per heavy atom. The zero-order chi connectivity index (χ0) is 25.9. The highest BCUT2D eigenvalue weighted by atomic mass is 35.5. The molecule has 3 aromatic carbocycles. The van der Waals surface area contributed by atoms with Gasteiger partial charge in [-0.2, -0.15) is 0 Å². The highest BCUT2D eigenvalue weighted by Gasteiger charge is 2.28. The molecule has 7 heteroatoms. The minimum Gasteiger partial charge on any atom is -0.497 e. The van der Waals surface area contributed by atoms with Gasteiger partial charge < -0.3 is 19.1 Å². The Kier molecular flexibility index (Phi) is 7.01. The van der Waals surface area contributed by atoms with Gasteiger partial charge in [0.15, 0.2) is 0 Å². The topological polar surface area (TPSA) is 54.8 Å². The lowest BCUT2D eigenvalue weighted by Crippen LogP contribution is -2.50. The van der Waals surface area contributed by atoms with Crippen LogP contribution in [0.25, 0.3) is 16.9 Å². The minimum absolute atomic E-state index is 0.0359. The molecule has 1 aliphatic rings. The first kappa shape index (κ1) is 24.7. The zero-order valence-corrected chi connectivity index (χ0v) is 21.6. The molecule has 4 aromatic rings. The van der Waals surface area contributed by atoms with E-state index in [4.69, 9.17) is 16.3 Å². The van der Waals surface area contributed by atoms with E-state index in [9.17, 15) is 9.59 Å². The average Bonchev–Trinajstić information content (AvgIpc) is 3.29. The van der Waals surface area contributed by atoms with Crippen molar-refractivity contribution in [2.24, 2.45) is 0 Å². The molecule has 2 amide bonds. The third kappa shape index (κ3) is 4.98. The Bertz CT molecular complexity index is 1440. The Hall–Kier alpha value is -4.03. The molecule has 0 spiro atoms. The van der Waals surface area contributed by atoms with E-state index in [0.717, 1.165) is 28.4 Å². The Morgan fingerprint density at radius 3 is 2.14 bits per heavy atom. The number of hydrogen-bond acceptors (Lipinski definition) is 3. The van der Waals surface area contributed by atoms with Crippen LogP contribution in [0.2, 0.25) is 5.02 Å². The van der Waals surface area contributed by atoms with Gasteiger partial charge in [0, 0.05) is 53.7 Å². The van der Waals surface area contributed by atoms with Gasteiger partial charge in [-0.3, -0.25) is 9.59 Å². The molecule has 0 bridgehead atoms. The van der Waals surface area contributed by atoms with Gasteiger partial charge in [-0.25, -0.2) is 0 Å². The molecule has 2 heterocycles. The molecule has 0 aliphatic carbocycles. The summed E-state index contributed by atoms with van der Waals surface area (Å²) in [5, 5.41) is 0.532. The van der Waals surface area contributed by atoms with Crippen LogP contribution < -0.4 is 4.74 Å². The molecule has 188 valence electrons. The fraction of sp³-hybridized carbons (Fsp3) is 0.200. The van der Waals surface area contributed by atoms with E-state index in [-0.39, 0.29) is 11.8 Å². The number of rotatable bonds is 5. The molecule has 6 nitrogen and oxygen atoms in total. The maximum atomic E-state index is 13.7. The van der Waals surface area contributed by atoms with Crippen molar-refractivity contribution in [2.45, 2.75) is 6.92 Å². The van der Waals surface area contributed by atoms with Gasteiger partial charge in [0.1, 0.15) is 5.75 Å². The number of benzene rings is 3. The van der Waals surface area contributed by atoms with Gasteiger partial charge in [-0.15, -0.1) is 0 Å². The predicted octanol–water partition coefficient (Wildman–Crippen LogP) is 5.71. The molecule has 37 heavy (non-hydrogen) atoms. The first-order chi connectivity index (χ1) is 18.0. The van der Waals surface area contributed by atoms with Crippen molar-refractivity contribution in [1.29, 1.82) is 0 Å². The summed E-state index contributed by atoms with van der Waals surface area (Å²) in [6.45, 7) is 3.85. The second-order valence-corrected chi connectivity index (χ2v) is 9.46. The quantitative estimate of drug-likeness (QED) is 0.343. The number of amides is 2. The van der Waals surface area contributed by atoms with Crippen LogP contribution in [0.3, 0.4) is 0 Å². The molecule has 1 fully saturated rings. The number of piperazine rings is 1. The largest absolute Gasteiger partial charge is 0.497 e. The van der Waals surface area contributed by atoms with Crippen molar-refractivity contribution in [3.8, 4) is 22.7 Å². The fourth-order valence-electron chi connectivity index (χ4n) is 4.82. The molecule has 0 unspecified atom stereocenters. The van der Waals surface area contributed by atoms with Crippen molar-refractivity contribution in [3.63, 3.8) is 0 Å². The van der Waals surface area contributed by atoms with Gasteiger partial charge in [0.25, 0.3) is 11.8 Å². The Labute approximate surface area is 221 Å². The minimum atomic E-state index is -0.0682. The van der Waals surface area contributed by atoms with E-state index >= 15 is 0 Å². The number of halogens is 1. The monoisotopic (exact) mass is 513 g/mol. The lowest BCUT2D eigenvalue weighted by molar-refractivity contribution is 0.0535. The second-order valence-electron chi connectivity index (χ2n) is 9.03. The molecule has 1 saturated heterocycles. The van der Waals surface area contributed by atoms with E-state index < -0.39 is 0 Å². The van der Waals surface area contributed by atoms with Crippen LogP contribution in [0.4, 0.5) is 0 Å². The normalized spacial score (nSPS) is 13.5. The van der Waals surface area contributed by atoms with Crippen LogP contribution in [-0.4, -0.2) is 59.5 Å². The highest BCUT2D eigenvalue weighted by Crippen LogP contribution is 2.32. The van der Waals surface area contributed by atoms with Crippen molar-refractivity contribution < 1.29 is 14.3 Å². The van der Waals surface area contributed by atoms with Crippen LogP contribution >= 0.6 is 11.6 Å². The van der Waals surface area contributed by atoms with Gasteiger partial charge in [-0.1, -0.05) is 48.0 Å². The first-order valence-corrected chi connectivity index (χ1v) is 12.6. The van der Waals surface area contributed by atoms with Gasteiger partial charge in [0.05, 0.1) is 18.4 Å².